The summed E-state index contributed by atoms with van der Waals surface area (Å²) in [5, 5.41) is 5.42. The van der Waals surface area contributed by atoms with Crippen molar-refractivity contribution in [2.45, 2.75) is 26.9 Å². The first kappa shape index (κ1) is 14.0. The summed E-state index contributed by atoms with van der Waals surface area (Å²) in [6.07, 6.45) is 0. The predicted octanol–water partition coefficient (Wildman–Crippen LogP) is 2.59. The topological polar surface area (TPSA) is 41.1 Å². The van der Waals surface area contributed by atoms with Crippen molar-refractivity contribution in [3.63, 3.8) is 0 Å². The monoisotopic (exact) mass is 276 g/mol. The Morgan fingerprint density at radius 1 is 1.37 bits per heavy atom. The number of nitrogens with one attached hydrogen (secondary N) is 1. The molecular weight excluding hydrogens is 256 g/mol. The van der Waals surface area contributed by atoms with Crippen molar-refractivity contribution in [2.24, 2.45) is 0 Å². The number of pyridine rings is 1. The van der Waals surface area contributed by atoms with Crippen LogP contribution in [-0.2, 0) is 13.1 Å². The van der Waals surface area contributed by atoms with Crippen molar-refractivity contribution >= 4 is 17.2 Å². The molecule has 0 amide bonds. The van der Waals surface area contributed by atoms with Crippen molar-refractivity contribution in [3.8, 4) is 0 Å². The van der Waals surface area contributed by atoms with Crippen LogP contribution in [0.4, 0.5) is 5.82 Å². The highest BCUT2D eigenvalue weighted by Gasteiger charge is 2.07. The zero-order valence-electron chi connectivity index (χ0n) is 11.7. The van der Waals surface area contributed by atoms with E-state index in [1.54, 1.807) is 11.3 Å². The Kier molecular flexibility index (Phi) is 4.87. The highest BCUT2D eigenvalue weighted by Crippen LogP contribution is 2.16. The zero-order valence-corrected chi connectivity index (χ0v) is 12.5. The molecule has 2 aromatic heterocycles. The van der Waals surface area contributed by atoms with E-state index in [2.05, 4.69) is 51.7 Å². The Bertz CT molecular complexity index is 510. The maximum atomic E-state index is 4.60. The highest BCUT2D eigenvalue weighted by atomic mass is 32.1. The van der Waals surface area contributed by atoms with Crippen LogP contribution in [0.1, 0.15) is 23.9 Å². The van der Waals surface area contributed by atoms with E-state index in [1.807, 2.05) is 12.4 Å². The molecule has 0 spiro atoms. The van der Waals surface area contributed by atoms with E-state index in [1.165, 1.54) is 5.56 Å². The predicted molar refractivity (Wildman–Crippen MR) is 80.6 cm³/mol. The minimum Gasteiger partial charge on any atom is -0.354 e. The minimum absolute atomic E-state index is 0.792. The van der Waals surface area contributed by atoms with Crippen LogP contribution in [0.5, 0.6) is 0 Å². The van der Waals surface area contributed by atoms with Crippen molar-refractivity contribution in [1.82, 2.24) is 15.3 Å². The molecule has 2 heterocycles. The Morgan fingerprint density at radius 3 is 2.89 bits per heavy atom. The number of anilines is 1. The van der Waals surface area contributed by atoms with Gasteiger partial charge in [0, 0.05) is 24.7 Å². The molecule has 0 fully saturated rings. The van der Waals surface area contributed by atoms with Gasteiger partial charge in [0.15, 0.2) is 0 Å². The quantitative estimate of drug-likeness (QED) is 0.880. The lowest BCUT2D eigenvalue weighted by Gasteiger charge is -2.18. The van der Waals surface area contributed by atoms with Gasteiger partial charge >= 0.3 is 0 Å². The van der Waals surface area contributed by atoms with Crippen molar-refractivity contribution in [1.29, 1.82) is 0 Å². The van der Waals surface area contributed by atoms with E-state index in [9.17, 15) is 0 Å². The van der Waals surface area contributed by atoms with Crippen LogP contribution in [0.3, 0.4) is 0 Å². The Morgan fingerprint density at radius 2 is 2.21 bits per heavy atom. The molecule has 0 unspecified atom stereocenters. The fourth-order valence-corrected chi connectivity index (χ4v) is 2.48. The first-order valence-corrected chi connectivity index (χ1v) is 7.39. The molecular formula is C14H20N4S. The van der Waals surface area contributed by atoms with Crippen molar-refractivity contribution < 1.29 is 0 Å². The van der Waals surface area contributed by atoms with Gasteiger partial charge in [-0.2, -0.15) is 0 Å². The number of nitrogens with zero attached hydrogens (tertiary/aromatic N) is 3. The van der Waals surface area contributed by atoms with Gasteiger partial charge in [-0.05, 0) is 31.2 Å². The van der Waals surface area contributed by atoms with Crippen LogP contribution in [0.2, 0.25) is 0 Å². The normalized spacial score (nSPS) is 10.7. The van der Waals surface area contributed by atoms with E-state index in [4.69, 9.17) is 0 Å². The number of aromatic nitrogens is 2. The molecule has 0 atom stereocenters. The summed E-state index contributed by atoms with van der Waals surface area (Å²) >= 11 is 1.63. The highest BCUT2D eigenvalue weighted by molar-refractivity contribution is 7.07. The SMILES string of the molecule is CCNCc1cc(C)nc(N(C)Cc2cscn2)c1. The van der Waals surface area contributed by atoms with Gasteiger partial charge < -0.3 is 10.2 Å². The zero-order chi connectivity index (χ0) is 13.7. The van der Waals surface area contributed by atoms with Gasteiger partial charge in [0.2, 0.25) is 0 Å². The lowest BCUT2D eigenvalue weighted by atomic mass is 10.2. The molecule has 102 valence electrons. The van der Waals surface area contributed by atoms with Crippen LogP contribution < -0.4 is 10.2 Å². The molecule has 4 nitrogen and oxygen atoms in total. The van der Waals surface area contributed by atoms with Gasteiger partial charge in [-0.15, -0.1) is 11.3 Å². The van der Waals surface area contributed by atoms with E-state index >= 15 is 0 Å². The second-order valence-electron chi connectivity index (χ2n) is 4.59. The first-order chi connectivity index (χ1) is 9.19. The van der Waals surface area contributed by atoms with Gasteiger partial charge in [0.05, 0.1) is 17.7 Å². The molecule has 0 radical (unpaired) electrons. The summed E-state index contributed by atoms with van der Waals surface area (Å²) in [7, 11) is 2.05. The number of hydrogen-bond donors (Lipinski definition) is 1. The summed E-state index contributed by atoms with van der Waals surface area (Å²) in [6, 6.07) is 4.27. The van der Waals surface area contributed by atoms with Crippen molar-refractivity contribution in [3.05, 3.63) is 40.0 Å². The maximum absolute atomic E-state index is 4.60. The second-order valence-corrected chi connectivity index (χ2v) is 5.31. The third kappa shape index (κ3) is 4.01. The molecule has 2 aromatic rings. The van der Waals surface area contributed by atoms with Crippen molar-refractivity contribution in [2.75, 3.05) is 18.5 Å². The summed E-state index contributed by atoms with van der Waals surface area (Å²) in [5.41, 5.74) is 5.28. The average Bonchev–Trinajstić information content (AvgIpc) is 2.88. The molecule has 19 heavy (non-hydrogen) atoms. The lowest BCUT2D eigenvalue weighted by molar-refractivity contribution is 0.724. The molecule has 0 aliphatic carbocycles. The van der Waals surface area contributed by atoms with Crippen LogP contribution in [-0.4, -0.2) is 23.6 Å². The summed E-state index contributed by atoms with van der Waals surface area (Å²) in [4.78, 5) is 11.0. The molecule has 0 saturated carbocycles. The summed E-state index contributed by atoms with van der Waals surface area (Å²) in [6.45, 7) is 6.81. The number of thiazole rings is 1. The van der Waals surface area contributed by atoms with E-state index in [0.717, 1.165) is 36.8 Å². The Balaban J connectivity index is 2.11. The van der Waals surface area contributed by atoms with Gasteiger partial charge in [-0.3, -0.25) is 0 Å². The van der Waals surface area contributed by atoms with Crippen LogP contribution in [0.25, 0.3) is 0 Å². The van der Waals surface area contributed by atoms with Gasteiger partial charge in [0.1, 0.15) is 5.82 Å². The summed E-state index contributed by atoms with van der Waals surface area (Å²) in [5.74, 6) is 1.00. The first-order valence-electron chi connectivity index (χ1n) is 6.45. The molecule has 0 aromatic carbocycles. The van der Waals surface area contributed by atoms with Crippen LogP contribution in [0, 0.1) is 6.92 Å². The largest absolute Gasteiger partial charge is 0.354 e. The third-order valence-corrected chi connectivity index (χ3v) is 3.49. The number of hydrogen-bond acceptors (Lipinski definition) is 5. The molecule has 0 bridgehead atoms. The molecule has 0 aliphatic rings. The van der Waals surface area contributed by atoms with Crippen LogP contribution >= 0.6 is 11.3 Å². The second kappa shape index (κ2) is 6.63. The van der Waals surface area contributed by atoms with Gasteiger partial charge in [-0.25, -0.2) is 9.97 Å². The van der Waals surface area contributed by atoms with E-state index < -0.39 is 0 Å². The molecule has 5 heteroatoms. The van der Waals surface area contributed by atoms with Crippen LogP contribution in [0.15, 0.2) is 23.0 Å². The Hall–Kier alpha value is -1.46. The standard InChI is InChI=1S/C14H20N4S/c1-4-15-7-12-5-11(2)17-14(6-12)18(3)8-13-9-19-10-16-13/h5-6,9-10,15H,4,7-8H2,1-3H3. The Labute approximate surface area is 118 Å². The molecule has 0 aliphatic heterocycles. The molecule has 1 N–H and O–H groups in total. The lowest BCUT2D eigenvalue weighted by Crippen LogP contribution is -2.19. The average molecular weight is 276 g/mol. The minimum atomic E-state index is 0.792. The fourth-order valence-electron chi connectivity index (χ4n) is 1.93. The molecule has 0 saturated heterocycles. The molecule has 2 rings (SSSR count). The third-order valence-electron chi connectivity index (χ3n) is 2.85. The van der Waals surface area contributed by atoms with Gasteiger partial charge in [-0.1, -0.05) is 6.92 Å². The number of aryl methyl sites for hydroxylation is 1. The smallest absolute Gasteiger partial charge is 0.129 e. The van der Waals surface area contributed by atoms with E-state index in [0.29, 0.717) is 0 Å². The fraction of sp³-hybridized carbons (Fsp3) is 0.429. The van der Waals surface area contributed by atoms with E-state index in [-0.39, 0.29) is 0 Å². The van der Waals surface area contributed by atoms with Gasteiger partial charge in [0.25, 0.3) is 0 Å². The number of rotatable bonds is 6. The summed E-state index contributed by atoms with van der Waals surface area (Å²) < 4.78 is 0. The maximum Gasteiger partial charge on any atom is 0.129 e.